The van der Waals surface area contributed by atoms with E-state index in [4.69, 9.17) is 21.3 Å². The van der Waals surface area contributed by atoms with Crippen LogP contribution in [-0.2, 0) is 16.7 Å². The van der Waals surface area contributed by atoms with Crippen LogP contribution < -0.4 is 10.6 Å². The number of aliphatic imine (C=N–C) groups is 1. The van der Waals surface area contributed by atoms with Crippen molar-refractivity contribution in [3.63, 3.8) is 0 Å². The van der Waals surface area contributed by atoms with Gasteiger partial charge in [-0.05, 0) is 49.6 Å². The molecule has 3 heterocycles. The summed E-state index contributed by atoms with van der Waals surface area (Å²) in [6, 6.07) is 14.0. The summed E-state index contributed by atoms with van der Waals surface area (Å²) in [6.07, 6.45) is 3.83. The van der Waals surface area contributed by atoms with Gasteiger partial charge in [-0.25, -0.2) is 4.99 Å². The lowest BCUT2D eigenvalue weighted by Gasteiger charge is -2.38. The van der Waals surface area contributed by atoms with Gasteiger partial charge < -0.3 is 15.4 Å². The lowest BCUT2D eigenvalue weighted by Crippen LogP contribution is -2.48. The number of nitrogens with zero attached hydrogens (tertiary/aromatic N) is 4. The molecule has 1 fully saturated rings. The molecule has 0 radical (unpaired) electrons. The number of fused-ring (bicyclic) bond motifs is 1. The first-order valence-electron chi connectivity index (χ1n) is 10.3. The van der Waals surface area contributed by atoms with E-state index in [-0.39, 0.29) is 29.4 Å². The second-order valence-corrected chi connectivity index (χ2v) is 7.93. The van der Waals surface area contributed by atoms with Crippen molar-refractivity contribution < 1.29 is 4.74 Å². The third kappa shape index (κ3) is 5.67. The first-order valence-corrected chi connectivity index (χ1v) is 10.7. The van der Waals surface area contributed by atoms with Gasteiger partial charge in [-0.3, -0.25) is 4.40 Å². The summed E-state index contributed by atoms with van der Waals surface area (Å²) < 4.78 is 7.60. The van der Waals surface area contributed by atoms with Gasteiger partial charge in [-0.1, -0.05) is 29.8 Å². The average molecular weight is 555 g/mol. The first-order chi connectivity index (χ1) is 14.7. The number of halogens is 2. The van der Waals surface area contributed by atoms with Crippen molar-refractivity contribution in [1.29, 1.82) is 0 Å². The largest absolute Gasteiger partial charge is 0.381 e. The number of benzene rings is 1. The Balaban J connectivity index is 0.00000272. The van der Waals surface area contributed by atoms with Crippen molar-refractivity contribution in [3.8, 4) is 0 Å². The lowest BCUT2D eigenvalue weighted by atomic mass is 9.74. The fourth-order valence-electron chi connectivity index (χ4n) is 3.89. The molecule has 1 aliphatic heterocycles. The molecule has 9 heteroatoms. The highest BCUT2D eigenvalue weighted by atomic mass is 127. The first kappa shape index (κ1) is 23.7. The van der Waals surface area contributed by atoms with Gasteiger partial charge in [0.1, 0.15) is 6.54 Å². The van der Waals surface area contributed by atoms with Crippen molar-refractivity contribution in [2.24, 2.45) is 4.99 Å². The summed E-state index contributed by atoms with van der Waals surface area (Å²) in [5.74, 6) is 1.57. The van der Waals surface area contributed by atoms with Crippen molar-refractivity contribution in [2.75, 3.05) is 26.3 Å². The number of hydrogen-bond donors (Lipinski definition) is 2. The molecule has 0 aliphatic carbocycles. The summed E-state index contributed by atoms with van der Waals surface area (Å²) in [4.78, 5) is 4.75. The predicted octanol–water partition coefficient (Wildman–Crippen LogP) is 3.80. The van der Waals surface area contributed by atoms with E-state index in [1.54, 1.807) is 0 Å². The Labute approximate surface area is 204 Å². The molecule has 0 unspecified atom stereocenters. The molecule has 1 saturated heterocycles. The Bertz CT molecular complexity index is 1020. The average Bonchev–Trinajstić information content (AvgIpc) is 3.19. The summed E-state index contributed by atoms with van der Waals surface area (Å²) in [5.41, 5.74) is 2.02. The number of hydrogen-bond acceptors (Lipinski definition) is 4. The maximum absolute atomic E-state index is 6.29. The number of ether oxygens (including phenoxy) is 1. The molecule has 31 heavy (non-hydrogen) atoms. The zero-order valence-corrected chi connectivity index (χ0v) is 20.6. The predicted molar refractivity (Wildman–Crippen MR) is 134 cm³/mol. The van der Waals surface area contributed by atoms with Crippen molar-refractivity contribution in [3.05, 3.63) is 65.1 Å². The molecule has 1 aromatic carbocycles. The Morgan fingerprint density at radius 2 is 2.00 bits per heavy atom. The number of nitrogens with one attached hydrogen (secondary N) is 2. The summed E-state index contributed by atoms with van der Waals surface area (Å²) in [7, 11) is 0. The van der Waals surface area contributed by atoms with Crippen LogP contribution in [0.3, 0.4) is 0 Å². The highest BCUT2D eigenvalue weighted by Crippen LogP contribution is 2.35. The Morgan fingerprint density at radius 3 is 2.77 bits per heavy atom. The SMILES string of the molecule is CCNC(=NCc1nnc2ccccn12)NCC1(c2cccc(Cl)c2)CCOCC1.I. The lowest BCUT2D eigenvalue weighted by molar-refractivity contribution is 0.0514. The van der Waals surface area contributed by atoms with E-state index in [1.165, 1.54) is 5.56 Å². The number of aromatic nitrogens is 3. The van der Waals surface area contributed by atoms with Crippen LogP contribution in [0.2, 0.25) is 5.02 Å². The zero-order valence-electron chi connectivity index (χ0n) is 17.6. The van der Waals surface area contributed by atoms with Crippen LogP contribution in [0.15, 0.2) is 53.7 Å². The summed E-state index contributed by atoms with van der Waals surface area (Å²) in [6.45, 7) is 5.52. The van der Waals surface area contributed by atoms with Crippen LogP contribution in [0, 0.1) is 0 Å². The van der Waals surface area contributed by atoms with Crippen LogP contribution in [0.1, 0.15) is 31.2 Å². The molecule has 4 rings (SSSR count). The normalized spacial score (nSPS) is 16.0. The Morgan fingerprint density at radius 1 is 1.16 bits per heavy atom. The summed E-state index contributed by atoms with van der Waals surface area (Å²) >= 11 is 6.29. The third-order valence-corrected chi connectivity index (χ3v) is 5.82. The van der Waals surface area contributed by atoms with Crippen LogP contribution in [-0.4, -0.2) is 46.9 Å². The van der Waals surface area contributed by atoms with E-state index in [2.05, 4.69) is 39.9 Å². The van der Waals surface area contributed by atoms with Crippen molar-refractivity contribution in [2.45, 2.75) is 31.7 Å². The van der Waals surface area contributed by atoms with E-state index in [0.29, 0.717) is 6.54 Å². The van der Waals surface area contributed by atoms with Gasteiger partial charge in [0.25, 0.3) is 0 Å². The topological polar surface area (TPSA) is 75.8 Å². The van der Waals surface area contributed by atoms with E-state index >= 15 is 0 Å². The smallest absolute Gasteiger partial charge is 0.191 e. The molecule has 2 N–H and O–H groups in total. The quantitative estimate of drug-likeness (QED) is 0.275. The van der Waals surface area contributed by atoms with Crippen LogP contribution in [0.4, 0.5) is 0 Å². The monoisotopic (exact) mass is 554 g/mol. The van der Waals surface area contributed by atoms with E-state index in [1.807, 2.05) is 40.9 Å². The molecule has 0 atom stereocenters. The minimum atomic E-state index is -0.0408. The van der Waals surface area contributed by atoms with Crippen molar-refractivity contribution >= 4 is 47.2 Å². The van der Waals surface area contributed by atoms with Gasteiger partial charge in [-0.15, -0.1) is 34.2 Å². The molecule has 0 amide bonds. The molecular weight excluding hydrogens is 527 g/mol. The Kier molecular flexibility index (Phi) is 8.50. The molecule has 0 spiro atoms. The molecule has 0 saturated carbocycles. The van der Waals surface area contributed by atoms with Gasteiger partial charge >= 0.3 is 0 Å². The fraction of sp³-hybridized carbons (Fsp3) is 0.409. The number of guanidine groups is 1. The van der Waals surface area contributed by atoms with E-state index < -0.39 is 0 Å². The maximum atomic E-state index is 6.29. The maximum Gasteiger partial charge on any atom is 0.191 e. The van der Waals surface area contributed by atoms with E-state index in [0.717, 1.165) is 61.6 Å². The van der Waals surface area contributed by atoms with E-state index in [9.17, 15) is 0 Å². The molecular formula is C22H28ClIN6O. The van der Waals surface area contributed by atoms with Gasteiger partial charge in [0.2, 0.25) is 0 Å². The molecule has 0 bridgehead atoms. The van der Waals surface area contributed by atoms with Crippen LogP contribution in [0.5, 0.6) is 0 Å². The zero-order chi connectivity index (χ0) is 20.8. The molecule has 166 valence electrons. The third-order valence-electron chi connectivity index (χ3n) is 5.59. The second kappa shape index (κ2) is 11.1. The molecule has 7 nitrogen and oxygen atoms in total. The fourth-order valence-corrected chi connectivity index (χ4v) is 4.08. The van der Waals surface area contributed by atoms with Gasteiger partial charge in [0, 0.05) is 42.9 Å². The minimum absolute atomic E-state index is 0. The highest BCUT2D eigenvalue weighted by Gasteiger charge is 2.34. The summed E-state index contributed by atoms with van der Waals surface area (Å²) in [5, 5.41) is 16.1. The van der Waals surface area contributed by atoms with Gasteiger partial charge in [0.15, 0.2) is 17.4 Å². The highest BCUT2D eigenvalue weighted by molar-refractivity contribution is 14.0. The molecule has 2 aromatic heterocycles. The number of pyridine rings is 1. The second-order valence-electron chi connectivity index (χ2n) is 7.50. The van der Waals surface area contributed by atoms with Gasteiger partial charge in [0.05, 0.1) is 0 Å². The van der Waals surface area contributed by atoms with Crippen molar-refractivity contribution in [1.82, 2.24) is 25.2 Å². The number of rotatable bonds is 6. The Hall–Kier alpha value is -1.91. The van der Waals surface area contributed by atoms with Crippen LogP contribution in [0.25, 0.3) is 5.65 Å². The minimum Gasteiger partial charge on any atom is -0.381 e. The molecule has 3 aromatic rings. The standard InChI is InChI=1S/C22H27ClN6O.HI/c1-2-24-21(25-15-20-28-27-19-8-3-4-11-29(19)20)26-16-22(9-12-30-13-10-22)17-6-5-7-18(23)14-17;/h3-8,11,14H,2,9-10,12-13,15-16H2,1H3,(H2,24,25,26);1H. The van der Waals surface area contributed by atoms with Crippen LogP contribution >= 0.6 is 35.6 Å². The molecule has 1 aliphatic rings. The van der Waals surface area contributed by atoms with Gasteiger partial charge in [-0.2, -0.15) is 0 Å².